The Hall–Kier alpha value is -2.87. The third-order valence-electron chi connectivity index (χ3n) is 6.62. The van der Waals surface area contributed by atoms with Crippen LogP contribution in [0, 0.1) is 5.41 Å². The molecule has 1 heterocycles. The number of fused-ring (bicyclic) bond motifs is 1. The van der Waals surface area contributed by atoms with E-state index in [9.17, 15) is 9.90 Å². The molecule has 0 radical (unpaired) electrons. The fraction of sp³-hybridized carbons (Fsp3) is 0.464. The highest BCUT2D eigenvalue weighted by Crippen LogP contribution is 2.38. The molecule has 2 unspecified atom stereocenters. The van der Waals surface area contributed by atoms with Gasteiger partial charge in [0.05, 0.1) is 10.9 Å². The lowest BCUT2D eigenvalue weighted by Crippen LogP contribution is -2.58. The molecule has 3 rings (SSSR count). The number of rotatable bonds is 10. The van der Waals surface area contributed by atoms with Gasteiger partial charge < -0.3 is 30.6 Å². The lowest BCUT2D eigenvalue weighted by atomic mass is 9.67. The standard InChI is InChI=1S/C28H39N3O4/c1-26(2,29)18-28(5,27(3,4)30)25(33)35-17-21(32)16-34-22-13-12-20-14-23(31(6)24(20)15-22)19-10-8-7-9-11-19/h7-15,21,32H,16-18,29-30H2,1-6H3. The van der Waals surface area contributed by atoms with Crippen molar-refractivity contribution in [1.29, 1.82) is 0 Å². The molecule has 0 fully saturated rings. The number of carbonyl (C=O) groups is 1. The molecule has 190 valence electrons. The monoisotopic (exact) mass is 481 g/mol. The van der Waals surface area contributed by atoms with Crippen LogP contribution in [0.3, 0.4) is 0 Å². The molecule has 3 aromatic rings. The molecule has 0 aliphatic carbocycles. The first kappa shape index (κ1) is 26.7. The van der Waals surface area contributed by atoms with E-state index < -0.39 is 28.6 Å². The lowest BCUT2D eigenvalue weighted by molar-refractivity contribution is -0.163. The van der Waals surface area contributed by atoms with E-state index in [2.05, 4.69) is 22.8 Å². The van der Waals surface area contributed by atoms with Crippen LogP contribution in [0.2, 0.25) is 0 Å². The highest BCUT2D eigenvalue weighted by molar-refractivity contribution is 5.88. The van der Waals surface area contributed by atoms with E-state index in [0.29, 0.717) is 12.2 Å². The molecule has 0 aliphatic rings. The molecule has 0 spiro atoms. The van der Waals surface area contributed by atoms with Crippen LogP contribution in [0.5, 0.6) is 5.75 Å². The van der Waals surface area contributed by atoms with Crippen molar-refractivity contribution in [2.24, 2.45) is 23.9 Å². The summed E-state index contributed by atoms with van der Waals surface area (Å²) in [4.78, 5) is 13.0. The van der Waals surface area contributed by atoms with Crippen LogP contribution in [0.1, 0.15) is 41.0 Å². The molecule has 2 atom stereocenters. The lowest BCUT2D eigenvalue weighted by Gasteiger charge is -2.43. The molecule has 1 aromatic heterocycles. The fourth-order valence-corrected chi connectivity index (χ4v) is 4.33. The first-order chi connectivity index (χ1) is 16.2. The summed E-state index contributed by atoms with van der Waals surface area (Å²) in [5.74, 6) is 0.141. The molecular weight excluding hydrogens is 442 g/mol. The van der Waals surface area contributed by atoms with E-state index in [-0.39, 0.29) is 13.2 Å². The number of hydrogen-bond acceptors (Lipinski definition) is 6. The van der Waals surface area contributed by atoms with E-state index in [1.54, 1.807) is 20.8 Å². The van der Waals surface area contributed by atoms with Gasteiger partial charge in [-0.25, -0.2) is 0 Å². The van der Waals surface area contributed by atoms with Crippen molar-refractivity contribution in [3.63, 3.8) is 0 Å². The van der Waals surface area contributed by atoms with Gasteiger partial charge in [0.15, 0.2) is 0 Å². The largest absolute Gasteiger partial charge is 0.491 e. The Balaban J connectivity index is 1.63. The number of benzene rings is 2. The van der Waals surface area contributed by atoms with Gasteiger partial charge in [-0.2, -0.15) is 0 Å². The average molecular weight is 482 g/mol. The second-order valence-electron chi connectivity index (χ2n) is 11.0. The summed E-state index contributed by atoms with van der Waals surface area (Å²) in [6.45, 7) is 8.80. The van der Waals surface area contributed by atoms with Crippen molar-refractivity contribution in [1.82, 2.24) is 4.57 Å². The minimum Gasteiger partial charge on any atom is -0.491 e. The van der Waals surface area contributed by atoms with Crippen LogP contribution < -0.4 is 16.2 Å². The van der Waals surface area contributed by atoms with Gasteiger partial charge in [-0.3, -0.25) is 4.79 Å². The highest BCUT2D eigenvalue weighted by atomic mass is 16.5. The minimum atomic E-state index is -1.01. The number of esters is 1. The van der Waals surface area contributed by atoms with Crippen molar-refractivity contribution in [3.8, 4) is 17.0 Å². The molecule has 35 heavy (non-hydrogen) atoms. The van der Waals surface area contributed by atoms with Gasteiger partial charge in [-0.1, -0.05) is 30.3 Å². The smallest absolute Gasteiger partial charge is 0.313 e. The maximum atomic E-state index is 13.0. The van der Waals surface area contributed by atoms with Crippen LogP contribution in [-0.4, -0.2) is 46.0 Å². The van der Waals surface area contributed by atoms with Crippen molar-refractivity contribution >= 4 is 16.9 Å². The van der Waals surface area contributed by atoms with Crippen molar-refractivity contribution < 1.29 is 19.4 Å². The maximum Gasteiger partial charge on any atom is 0.313 e. The third kappa shape index (κ3) is 6.23. The summed E-state index contributed by atoms with van der Waals surface area (Å²) < 4.78 is 13.4. The third-order valence-corrected chi connectivity index (χ3v) is 6.62. The zero-order valence-corrected chi connectivity index (χ0v) is 21.7. The Morgan fingerprint density at radius 1 is 1.00 bits per heavy atom. The number of aliphatic hydroxyl groups is 1. The Morgan fingerprint density at radius 2 is 1.66 bits per heavy atom. The van der Waals surface area contributed by atoms with Crippen LogP contribution >= 0.6 is 0 Å². The first-order valence-corrected chi connectivity index (χ1v) is 11.9. The Labute approximate surface area is 208 Å². The van der Waals surface area contributed by atoms with Crippen LogP contribution in [0.4, 0.5) is 0 Å². The first-order valence-electron chi connectivity index (χ1n) is 11.9. The van der Waals surface area contributed by atoms with Gasteiger partial charge in [0.1, 0.15) is 25.1 Å². The van der Waals surface area contributed by atoms with E-state index in [1.807, 2.05) is 57.3 Å². The van der Waals surface area contributed by atoms with E-state index in [4.69, 9.17) is 20.9 Å². The second-order valence-corrected chi connectivity index (χ2v) is 11.0. The van der Waals surface area contributed by atoms with Crippen molar-refractivity contribution in [2.75, 3.05) is 13.2 Å². The number of aromatic nitrogens is 1. The molecule has 7 heteroatoms. The predicted octanol–water partition coefficient (Wildman–Crippen LogP) is 4.00. The maximum absolute atomic E-state index is 13.0. The summed E-state index contributed by atoms with van der Waals surface area (Å²) in [5, 5.41) is 11.5. The number of nitrogens with zero attached hydrogens (tertiary/aromatic N) is 1. The number of nitrogens with two attached hydrogens (primary N) is 2. The van der Waals surface area contributed by atoms with E-state index >= 15 is 0 Å². The molecule has 0 bridgehead atoms. The van der Waals surface area contributed by atoms with Crippen LogP contribution in [0.25, 0.3) is 22.2 Å². The molecule has 0 aliphatic heterocycles. The molecule has 0 saturated heterocycles. The molecular formula is C28H39N3O4. The summed E-state index contributed by atoms with van der Waals surface area (Å²) in [6, 6.07) is 18.1. The van der Waals surface area contributed by atoms with Gasteiger partial charge in [0.2, 0.25) is 0 Å². The van der Waals surface area contributed by atoms with E-state index in [0.717, 1.165) is 22.2 Å². The Kier molecular flexibility index (Phi) is 7.65. The zero-order valence-electron chi connectivity index (χ0n) is 21.7. The summed E-state index contributed by atoms with van der Waals surface area (Å²) in [7, 11) is 2.02. The number of ether oxygens (including phenoxy) is 2. The summed E-state index contributed by atoms with van der Waals surface area (Å²) >= 11 is 0. The molecule has 0 amide bonds. The number of aliphatic hydroxyl groups excluding tert-OH is 1. The van der Waals surface area contributed by atoms with Gasteiger partial charge in [0.25, 0.3) is 0 Å². The minimum absolute atomic E-state index is 0.0140. The quantitative estimate of drug-likeness (QED) is 0.377. The highest BCUT2D eigenvalue weighted by Gasteiger charge is 2.48. The predicted molar refractivity (Wildman–Crippen MR) is 140 cm³/mol. The van der Waals surface area contributed by atoms with Crippen molar-refractivity contribution in [2.45, 2.75) is 58.2 Å². The SMILES string of the molecule is Cn1c(-c2ccccc2)cc2ccc(OCC(O)COC(=O)C(C)(CC(C)(C)N)C(C)(C)N)cc21. The molecule has 2 aromatic carbocycles. The zero-order chi connectivity index (χ0) is 26.0. The number of aryl methyl sites for hydroxylation is 1. The molecule has 0 saturated carbocycles. The summed E-state index contributed by atoms with van der Waals surface area (Å²) in [6.07, 6.45) is -0.643. The van der Waals surface area contributed by atoms with Gasteiger partial charge in [0, 0.05) is 35.3 Å². The fourth-order valence-electron chi connectivity index (χ4n) is 4.33. The van der Waals surface area contributed by atoms with E-state index in [1.165, 1.54) is 0 Å². The van der Waals surface area contributed by atoms with Gasteiger partial charge in [-0.15, -0.1) is 0 Å². The van der Waals surface area contributed by atoms with Gasteiger partial charge in [-0.05, 0) is 64.8 Å². The Bertz CT molecular complexity index is 1160. The number of carbonyl (C=O) groups excluding carboxylic acids is 1. The van der Waals surface area contributed by atoms with Gasteiger partial charge >= 0.3 is 5.97 Å². The molecule has 5 N–H and O–H groups in total. The van der Waals surface area contributed by atoms with Crippen LogP contribution in [-0.2, 0) is 16.6 Å². The second kappa shape index (κ2) is 10.0. The van der Waals surface area contributed by atoms with Crippen LogP contribution in [0.15, 0.2) is 54.6 Å². The molecule has 7 nitrogen and oxygen atoms in total. The topological polar surface area (TPSA) is 113 Å². The number of hydrogen-bond donors (Lipinski definition) is 3. The van der Waals surface area contributed by atoms with Crippen molar-refractivity contribution in [3.05, 3.63) is 54.6 Å². The average Bonchev–Trinajstić information content (AvgIpc) is 3.10. The normalized spacial score (nSPS) is 15.0. The summed E-state index contributed by atoms with van der Waals surface area (Å²) in [5.41, 5.74) is 13.3. The Morgan fingerprint density at radius 3 is 2.26 bits per heavy atom.